The highest BCUT2D eigenvalue weighted by atomic mass is 32.1. The SMILES string of the molecule is [C-]#[N+]c1cc2sc(N=Nc3ccc(N=Nc4ccc(OCCCC)cc4)cc3)cc2s1. The second-order valence-electron chi connectivity index (χ2n) is 6.62. The van der Waals surface area contributed by atoms with E-state index in [4.69, 9.17) is 11.3 Å². The lowest BCUT2D eigenvalue weighted by molar-refractivity contribution is 0.309. The van der Waals surface area contributed by atoms with E-state index < -0.39 is 0 Å². The average Bonchev–Trinajstić information content (AvgIpc) is 3.36. The van der Waals surface area contributed by atoms with Crippen LogP contribution in [0.1, 0.15) is 19.8 Å². The summed E-state index contributed by atoms with van der Waals surface area (Å²) in [6.45, 7) is 9.95. The predicted octanol–water partition coefficient (Wildman–Crippen LogP) is 9.52. The van der Waals surface area contributed by atoms with Gasteiger partial charge < -0.3 is 4.74 Å². The van der Waals surface area contributed by atoms with Crippen LogP contribution < -0.4 is 4.74 Å². The molecule has 4 aromatic rings. The second kappa shape index (κ2) is 10.1. The Labute approximate surface area is 188 Å². The van der Waals surface area contributed by atoms with Crippen LogP contribution >= 0.6 is 22.7 Å². The van der Waals surface area contributed by atoms with Gasteiger partial charge in [0.15, 0.2) is 0 Å². The molecule has 0 N–H and O–H groups in total. The fraction of sp³-hybridized carbons (Fsp3) is 0.174. The molecule has 0 radical (unpaired) electrons. The summed E-state index contributed by atoms with van der Waals surface area (Å²) in [6.07, 6.45) is 2.16. The van der Waals surface area contributed by atoms with Crippen molar-refractivity contribution in [3.05, 3.63) is 72.1 Å². The van der Waals surface area contributed by atoms with Crippen molar-refractivity contribution in [3.8, 4) is 5.75 Å². The molecule has 4 rings (SSSR count). The van der Waals surface area contributed by atoms with Crippen LogP contribution in [0, 0.1) is 6.57 Å². The third-order valence-corrected chi connectivity index (χ3v) is 6.36. The number of benzene rings is 2. The number of ether oxygens (including phenoxy) is 1. The Kier molecular flexibility index (Phi) is 6.77. The molecule has 8 heteroatoms. The predicted molar refractivity (Wildman–Crippen MR) is 128 cm³/mol. The van der Waals surface area contributed by atoms with Gasteiger partial charge in [-0.05, 0) is 67.1 Å². The number of nitrogens with zero attached hydrogens (tertiary/aromatic N) is 5. The molecule has 2 heterocycles. The van der Waals surface area contributed by atoms with Crippen LogP contribution in [0.2, 0.25) is 0 Å². The van der Waals surface area contributed by atoms with Gasteiger partial charge in [0.2, 0.25) is 5.00 Å². The van der Waals surface area contributed by atoms with E-state index in [0.29, 0.717) is 5.00 Å². The van der Waals surface area contributed by atoms with E-state index in [1.54, 1.807) is 0 Å². The van der Waals surface area contributed by atoms with Crippen LogP contribution in [-0.2, 0) is 0 Å². The van der Waals surface area contributed by atoms with Gasteiger partial charge in [0.1, 0.15) is 10.8 Å². The van der Waals surface area contributed by atoms with Gasteiger partial charge in [-0.1, -0.05) is 13.3 Å². The topological polar surface area (TPSA) is 63.0 Å². The van der Waals surface area contributed by atoms with Crippen LogP contribution in [0.5, 0.6) is 5.75 Å². The molecule has 154 valence electrons. The van der Waals surface area contributed by atoms with Crippen molar-refractivity contribution in [1.82, 2.24) is 0 Å². The molecule has 0 spiro atoms. The zero-order chi connectivity index (χ0) is 21.5. The first-order valence-electron chi connectivity index (χ1n) is 9.81. The molecule has 0 aliphatic carbocycles. The quantitative estimate of drug-likeness (QED) is 0.151. The molecule has 0 aliphatic heterocycles. The van der Waals surface area contributed by atoms with Gasteiger partial charge in [0.25, 0.3) is 0 Å². The molecule has 0 saturated heterocycles. The molecular formula is C23H19N5OS2. The summed E-state index contributed by atoms with van der Waals surface area (Å²) in [5.74, 6) is 0.847. The molecule has 0 amide bonds. The van der Waals surface area contributed by atoms with Gasteiger partial charge >= 0.3 is 0 Å². The number of unbranched alkanes of at least 4 members (excludes halogenated alkanes) is 1. The zero-order valence-corrected chi connectivity index (χ0v) is 18.5. The maximum Gasteiger partial charge on any atom is 0.243 e. The molecule has 2 aromatic heterocycles. The maximum absolute atomic E-state index is 7.07. The Bertz CT molecular complexity index is 1220. The lowest BCUT2D eigenvalue weighted by Gasteiger charge is -2.04. The van der Waals surface area contributed by atoms with Crippen molar-refractivity contribution >= 4 is 59.1 Å². The van der Waals surface area contributed by atoms with E-state index in [1.807, 2.05) is 60.7 Å². The minimum absolute atomic E-state index is 0.700. The van der Waals surface area contributed by atoms with Crippen LogP contribution in [-0.4, -0.2) is 6.61 Å². The molecule has 0 atom stereocenters. The number of hydrogen-bond acceptors (Lipinski definition) is 7. The van der Waals surface area contributed by atoms with E-state index in [9.17, 15) is 0 Å². The van der Waals surface area contributed by atoms with Crippen molar-refractivity contribution in [2.75, 3.05) is 6.61 Å². The monoisotopic (exact) mass is 445 g/mol. The fourth-order valence-corrected chi connectivity index (χ4v) is 4.66. The summed E-state index contributed by atoms with van der Waals surface area (Å²) < 4.78 is 7.79. The summed E-state index contributed by atoms with van der Waals surface area (Å²) in [7, 11) is 0. The van der Waals surface area contributed by atoms with Gasteiger partial charge in [-0.15, -0.1) is 21.6 Å². The average molecular weight is 446 g/mol. The normalized spacial score (nSPS) is 11.5. The lowest BCUT2D eigenvalue weighted by atomic mass is 10.3. The van der Waals surface area contributed by atoms with Crippen LogP contribution in [0.3, 0.4) is 0 Å². The molecule has 6 nitrogen and oxygen atoms in total. The van der Waals surface area contributed by atoms with Crippen LogP contribution in [0.25, 0.3) is 14.2 Å². The Morgan fingerprint density at radius 2 is 1.39 bits per heavy atom. The van der Waals surface area contributed by atoms with Gasteiger partial charge in [0, 0.05) is 9.40 Å². The lowest BCUT2D eigenvalue weighted by Crippen LogP contribution is -1.95. The smallest absolute Gasteiger partial charge is 0.243 e. The van der Waals surface area contributed by atoms with Gasteiger partial charge in [0.05, 0.1) is 30.2 Å². The first-order valence-corrected chi connectivity index (χ1v) is 11.4. The maximum atomic E-state index is 7.07. The van der Waals surface area contributed by atoms with Crippen LogP contribution in [0.15, 0.2) is 81.1 Å². The molecule has 0 bridgehead atoms. The first-order chi connectivity index (χ1) is 15.2. The summed E-state index contributed by atoms with van der Waals surface area (Å²) in [5.41, 5.74) is 2.25. The summed E-state index contributed by atoms with van der Waals surface area (Å²) in [5, 5.41) is 18.7. The zero-order valence-electron chi connectivity index (χ0n) is 16.9. The van der Waals surface area contributed by atoms with Gasteiger partial charge in [-0.2, -0.15) is 21.6 Å². The molecule has 2 aromatic carbocycles. The van der Waals surface area contributed by atoms with E-state index >= 15 is 0 Å². The van der Waals surface area contributed by atoms with Gasteiger partial charge in [-0.25, -0.2) is 4.85 Å². The number of fused-ring (bicyclic) bond motifs is 1. The van der Waals surface area contributed by atoms with Gasteiger partial charge in [-0.3, -0.25) is 0 Å². The van der Waals surface area contributed by atoms with Crippen molar-refractivity contribution in [3.63, 3.8) is 0 Å². The molecule has 0 saturated carbocycles. The summed E-state index contributed by atoms with van der Waals surface area (Å²) in [4.78, 5) is 3.46. The van der Waals surface area contributed by atoms with Crippen LogP contribution in [0.4, 0.5) is 27.1 Å². The standard InChI is InChI=1S/C23H19N5OS2/c1-3-4-13-29-19-11-9-18(10-12-19)26-25-16-5-7-17(8-6-16)27-28-23-15-21-20(31-23)14-22(24-2)30-21/h5-12,14-15H,3-4,13H2,1H3. The highest BCUT2D eigenvalue weighted by Gasteiger charge is 2.06. The van der Waals surface area contributed by atoms with Crippen molar-refractivity contribution in [2.45, 2.75) is 19.8 Å². The Morgan fingerprint density at radius 1 is 0.806 bits per heavy atom. The van der Waals surface area contributed by atoms with E-state index in [-0.39, 0.29) is 0 Å². The van der Waals surface area contributed by atoms with Crippen molar-refractivity contribution < 1.29 is 4.74 Å². The molecular weight excluding hydrogens is 426 g/mol. The van der Waals surface area contributed by atoms with E-state index in [0.717, 1.165) is 56.7 Å². The number of azo groups is 2. The molecule has 31 heavy (non-hydrogen) atoms. The third kappa shape index (κ3) is 5.60. The fourth-order valence-electron chi connectivity index (χ4n) is 2.67. The second-order valence-corrected chi connectivity index (χ2v) is 8.75. The van der Waals surface area contributed by atoms with Crippen molar-refractivity contribution in [2.24, 2.45) is 20.5 Å². The van der Waals surface area contributed by atoms with E-state index in [2.05, 4.69) is 32.2 Å². The molecule has 0 unspecified atom stereocenters. The molecule has 0 fully saturated rings. The summed E-state index contributed by atoms with van der Waals surface area (Å²) >= 11 is 3.01. The third-order valence-electron chi connectivity index (χ3n) is 4.29. The Morgan fingerprint density at radius 3 is 1.97 bits per heavy atom. The van der Waals surface area contributed by atoms with E-state index in [1.165, 1.54) is 22.7 Å². The highest BCUT2D eigenvalue weighted by molar-refractivity contribution is 7.31. The minimum atomic E-state index is 0.700. The molecule has 0 aliphatic rings. The summed E-state index contributed by atoms with van der Waals surface area (Å²) in [6, 6.07) is 18.9. The largest absolute Gasteiger partial charge is 0.494 e. The number of rotatable bonds is 8. The highest BCUT2D eigenvalue weighted by Crippen LogP contribution is 2.41. The Balaban J connectivity index is 1.35. The first kappa shape index (κ1) is 20.8. The van der Waals surface area contributed by atoms with Crippen molar-refractivity contribution in [1.29, 1.82) is 0 Å². The number of thiophene rings is 2. The Hall–Kier alpha value is -3.41. The minimum Gasteiger partial charge on any atom is -0.494 e. The number of hydrogen-bond donors (Lipinski definition) is 0.